The van der Waals surface area contributed by atoms with Crippen LogP contribution < -0.4 is 0 Å². The van der Waals surface area contributed by atoms with Crippen molar-refractivity contribution >= 4 is 22.6 Å². The van der Waals surface area contributed by atoms with Gasteiger partial charge in [0.25, 0.3) is 11.8 Å². The zero-order valence-corrected chi connectivity index (χ0v) is 13.2. The lowest BCUT2D eigenvalue weighted by molar-refractivity contribution is 0.0641. The molecule has 0 unspecified atom stereocenters. The van der Waals surface area contributed by atoms with Crippen molar-refractivity contribution in [2.75, 3.05) is 0 Å². The third kappa shape index (κ3) is 2.13. The lowest BCUT2D eigenvalue weighted by Crippen LogP contribution is -2.29. The predicted octanol–water partition coefficient (Wildman–Crippen LogP) is 3.33. The van der Waals surface area contributed by atoms with Crippen molar-refractivity contribution in [3.63, 3.8) is 0 Å². The molecule has 0 atom stereocenters. The molecule has 5 nitrogen and oxygen atoms in total. The van der Waals surface area contributed by atoms with Crippen LogP contribution in [-0.2, 0) is 6.54 Å². The number of hydrogen-bond donors (Lipinski definition) is 2. The molecule has 2 N–H and O–H groups in total. The minimum atomic E-state index is -0.854. The van der Waals surface area contributed by atoms with Crippen LogP contribution in [-0.4, -0.2) is 26.9 Å². The summed E-state index contributed by atoms with van der Waals surface area (Å²) in [5.74, 6) is -4.21. The molecular weight excluding hydrogens is 344 g/mol. The van der Waals surface area contributed by atoms with Gasteiger partial charge in [-0.05, 0) is 23.8 Å². The van der Waals surface area contributed by atoms with Gasteiger partial charge in [-0.15, -0.1) is 0 Å². The zero-order valence-electron chi connectivity index (χ0n) is 13.2. The van der Waals surface area contributed by atoms with E-state index in [4.69, 9.17) is 0 Å². The van der Waals surface area contributed by atoms with Crippen LogP contribution in [0.5, 0.6) is 11.5 Å². The summed E-state index contributed by atoms with van der Waals surface area (Å²) >= 11 is 0. The molecule has 0 saturated heterocycles. The summed E-state index contributed by atoms with van der Waals surface area (Å²) in [6.45, 7) is -0.176. The number of amides is 2. The van der Waals surface area contributed by atoms with Crippen molar-refractivity contribution in [1.29, 1.82) is 0 Å². The normalized spacial score (nSPS) is 13.5. The van der Waals surface area contributed by atoms with Crippen LogP contribution in [0.4, 0.5) is 8.78 Å². The van der Waals surface area contributed by atoms with Gasteiger partial charge in [0.15, 0.2) is 0 Å². The van der Waals surface area contributed by atoms with Crippen LogP contribution in [0.25, 0.3) is 10.8 Å². The standard InChI is InChI=1S/C19H11F2NO4/c20-10-6-4-9(5-7-10)8-22-18(25)14-15(19(22)26)17(24)13-11(16(14)23)2-1-3-12(13)21/h1-7,23-24H,8H2. The highest BCUT2D eigenvalue weighted by atomic mass is 19.1. The smallest absolute Gasteiger partial charge is 0.265 e. The number of carbonyl (C=O) groups excluding carboxylic acids is 2. The molecule has 0 spiro atoms. The summed E-state index contributed by atoms with van der Waals surface area (Å²) < 4.78 is 27.1. The SMILES string of the molecule is O=C1c2c(c(O)c3c(F)cccc3c2O)C(=O)N1Cc1ccc(F)cc1. The number of benzene rings is 3. The first kappa shape index (κ1) is 16.0. The molecule has 26 heavy (non-hydrogen) atoms. The fourth-order valence-corrected chi connectivity index (χ4v) is 3.15. The Morgan fingerprint density at radius 3 is 2.12 bits per heavy atom. The van der Waals surface area contributed by atoms with Crippen LogP contribution in [0.3, 0.4) is 0 Å². The first-order valence-electron chi connectivity index (χ1n) is 7.67. The fraction of sp³-hybridized carbons (Fsp3) is 0.0526. The van der Waals surface area contributed by atoms with Gasteiger partial charge in [-0.1, -0.05) is 24.3 Å². The number of halogens is 2. The summed E-state index contributed by atoms with van der Waals surface area (Å²) in [6, 6.07) is 8.93. The van der Waals surface area contributed by atoms with E-state index in [2.05, 4.69) is 0 Å². The minimum absolute atomic E-state index is 0.0639. The van der Waals surface area contributed by atoms with Crippen molar-refractivity contribution in [3.8, 4) is 11.5 Å². The molecule has 7 heteroatoms. The van der Waals surface area contributed by atoms with Gasteiger partial charge in [0.2, 0.25) is 0 Å². The second-order valence-corrected chi connectivity index (χ2v) is 5.93. The molecule has 0 aliphatic carbocycles. The zero-order chi connectivity index (χ0) is 18.6. The average molecular weight is 355 g/mol. The quantitative estimate of drug-likeness (QED) is 0.546. The number of nitrogens with zero attached hydrogens (tertiary/aromatic N) is 1. The van der Waals surface area contributed by atoms with Gasteiger partial charge >= 0.3 is 0 Å². The van der Waals surface area contributed by atoms with E-state index >= 15 is 0 Å². The van der Waals surface area contributed by atoms with Gasteiger partial charge in [0.1, 0.15) is 23.1 Å². The molecule has 0 radical (unpaired) electrons. The highest BCUT2D eigenvalue weighted by Crippen LogP contribution is 2.44. The van der Waals surface area contributed by atoms with Gasteiger partial charge < -0.3 is 10.2 Å². The molecule has 130 valence electrons. The number of imide groups is 1. The van der Waals surface area contributed by atoms with Crippen LogP contribution in [0.15, 0.2) is 42.5 Å². The van der Waals surface area contributed by atoms with E-state index in [9.17, 15) is 28.6 Å². The Balaban J connectivity index is 1.87. The minimum Gasteiger partial charge on any atom is -0.506 e. The van der Waals surface area contributed by atoms with Crippen molar-refractivity contribution in [1.82, 2.24) is 4.90 Å². The third-order valence-electron chi connectivity index (χ3n) is 4.40. The van der Waals surface area contributed by atoms with Crippen molar-refractivity contribution in [2.45, 2.75) is 6.54 Å². The van der Waals surface area contributed by atoms with E-state index < -0.39 is 40.5 Å². The second kappa shape index (κ2) is 5.52. The Hall–Kier alpha value is -3.48. The Labute approximate surface area is 145 Å². The first-order chi connectivity index (χ1) is 12.4. The van der Waals surface area contributed by atoms with Gasteiger partial charge in [-0.25, -0.2) is 8.78 Å². The number of carbonyl (C=O) groups is 2. The Kier molecular flexibility index (Phi) is 3.40. The molecule has 3 aromatic rings. The number of fused-ring (bicyclic) bond motifs is 2. The maximum atomic E-state index is 14.1. The van der Waals surface area contributed by atoms with Crippen LogP contribution in [0.2, 0.25) is 0 Å². The number of aromatic hydroxyl groups is 2. The molecule has 2 amide bonds. The summed E-state index contributed by atoms with van der Waals surface area (Å²) in [4.78, 5) is 26.1. The van der Waals surface area contributed by atoms with Gasteiger partial charge in [-0.3, -0.25) is 14.5 Å². The van der Waals surface area contributed by atoms with Gasteiger partial charge in [0, 0.05) is 5.39 Å². The number of hydrogen-bond acceptors (Lipinski definition) is 4. The van der Waals surface area contributed by atoms with E-state index in [1.54, 1.807) is 0 Å². The maximum absolute atomic E-state index is 14.1. The van der Waals surface area contributed by atoms with E-state index in [0.29, 0.717) is 5.56 Å². The monoisotopic (exact) mass is 355 g/mol. The van der Waals surface area contributed by atoms with E-state index in [-0.39, 0.29) is 22.9 Å². The molecule has 1 aliphatic heterocycles. The molecule has 0 fully saturated rings. The predicted molar refractivity (Wildman–Crippen MR) is 87.8 cm³/mol. The lowest BCUT2D eigenvalue weighted by atomic mass is 9.99. The van der Waals surface area contributed by atoms with Crippen LogP contribution >= 0.6 is 0 Å². The third-order valence-corrected chi connectivity index (χ3v) is 4.40. The molecule has 0 bridgehead atoms. The number of phenols is 2. The number of phenolic OH excluding ortho intramolecular Hbond substituents is 2. The Morgan fingerprint density at radius 2 is 1.46 bits per heavy atom. The fourth-order valence-electron chi connectivity index (χ4n) is 3.15. The van der Waals surface area contributed by atoms with Gasteiger partial charge in [-0.2, -0.15) is 0 Å². The van der Waals surface area contributed by atoms with Crippen molar-refractivity contribution < 1.29 is 28.6 Å². The number of rotatable bonds is 2. The Morgan fingerprint density at radius 1 is 0.846 bits per heavy atom. The van der Waals surface area contributed by atoms with Crippen molar-refractivity contribution in [2.24, 2.45) is 0 Å². The highest BCUT2D eigenvalue weighted by molar-refractivity contribution is 6.27. The first-order valence-corrected chi connectivity index (χ1v) is 7.67. The molecule has 1 heterocycles. The van der Waals surface area contributed by atoms with E-state index in [1.165, 1.54) is 36.4 Å². The molecule has 4 rings (SSSR count). The summed E-state index contributed by atoms with van der Waals surface area (Å²) in [5, 5.41) is 20.4. The summed E-state index contributed by atoms with van der Waals surface area (Å²) in [7, 11) is 0. The molecule has 0 aromatic heterocycles. The highest BCUT2D eigenvalue weighted by Gasteiger charge is 2.42. The second-order valence-electron chi connectivity index (χ2n) is 5.93. The molecular formula is C19H11F2NO4. The topological polar surface area (TPSA) is 77.8 Å². The summed E-state index contributed by atoms with van der Waals surface area (Å²) in [6.07, 6.45) is 0. The van der Waals surface area contributed by atoms with E-state index in [0.717, 1.165) is 11.0 Å². The van der Waals surface area contributed by atoms with Crippen LogP contribution in [0, 0.1) is 11.6 Å². The largest absolute Gasteiger partial charge is 0.506 e. The summed E-state index contributed by atoms with van der Waals surface area (Å²) in [5.41, 5.74) is -0.324. The van der Waals surface area contributed by atoms with Crippen LogP contribution in [0.1, 0.15) is 26.3 Å². The Bertz CT molecular complexity index is 1090. The molecule has 3 aromatic carbocycles. The average Bonchev–Trinajstić information content (AvgIpc) is 2.86. The molecule has 0 saturated carbocycles. The van der Waals surface area contributed by atoms with E-state index in [1.807, 2.05) is 0 Å². The molecule has 1 aliphatic rings. The van der Waals surface area contributed by atoms with Gasteiger partial charge in [0.05, 0.1) is 23.1 Å². The lowest BCUT2D eigenvalue weighted by Gasteiger charge is -2.13. The maximum Gasteiger partial charge on any atom is 0.265 e. The van der Waals surface area contributed by atoms with Crippen molar-refractivity contribution in [3.05, 3.63) is 70.8 Å².